The summed E-state index contributed by atoms with van der Waals surface area (Å²) in [5.74, 6) is -0.702. The second-order valence-electron chi connectivity index (χ2n) is 13.1. The van der Waals surface area contributed by atoms with E-state index in [1.54, 1.807) is 11.4 Å². The van der Waals surface area contributed by atoms with Crippen LogP contribution in [0.25, 0.3) is 11.1 Å². The molecule has 1 saturated carbocycles. The maximum atomic E-state index is 14.3. The Labute approximate surface area is 285 Å². The molecule has 0 bridgehead atoms. The average Bonchev–Trinajstić information content (AvgIpc) is 3.52. The summed E-state index contributed by atoms with van der Waals surface area (Å²) in [4.78, 5) is 36.8. The van der Waals surface area contributed by atoms with Crippen molar-refractivity contribution in [2.75, 3.05) is 19.6 Å². The minimum absolute atomic E-state index is 0.0102. The number of hydrogen-bond acceptors (Lipinski definition) is 8. The van der Waals surface area contributed by atoms with Crippen molar-refractivity contribution >= 4 is 23.2 Å². The van der Waals surface area contributed by atoms with E-state index in [0.717, 1.165) is 54.5 Å². The van der Waals surface area contributed by atoms with E-state index in [9.17, 15) is 14.0 Å². The van der Waals surface area contributed by atoms with E-state index >= 15 is 0 Å². The van der Waals surface area contributed by atoms with Gasteiger partial charge in [-0.25, -0.2) is 14.4 Å². The largest absolute Gasteiger partial charge is 0.438 e. The highest BCUT2D eigenvalue weighted by Crippen LogP contribution is 2.29. The standard InChI is InChI=1S/C37H43FN6O3S/c1-23-20-44(21-24(2)40-23)16-15-26-7-9-27(10-8-26)28-5-4-6-32(17-28)47-37-33(18-29(38)19-39-37)35(45)42-30-11-13-31(14-12-30)43-36(46)34-22-48-25(3)41-34/h4-10,17-19,22-24,30-31,40H,11-16,20-21H2,1-3H3,(H,42,45)(H,43,46)/t23-,24+,30-,31+. The predicted molar refractivity (Wildman–Crippen MR) is 186 cm³/mol. The number of carbonyl (C=O) groups is 2. The molecule has 2 aromatic carbocycles. The molecule has 0 unspecified atom stereocenters. The van der Waals surface area contributed by atoms with E-state index < -0.39 is 11.7 Å². The summed E-state index contributed by atoms with van der Waals surface area (Å²) in [5, 5.41) is 12.3. The fraction of sp³-hybridized carbons (Fsp3) is 0.405. The lowest BCUT2D eigenvalue weighted by atomic mass is 9.91. The molecule has 2 amide bonds. The zero-order valence-electron chi connectivity index (χ0n) is 27.7. The number of carbonyl (C=O) groups excluding carboxylic acids is 2. The van der Waals surface area contributed by atoms with E-state index in [-0.39, 0.29) is 29.4 Å². The number of rotatable bonds is 10. The van der Waals surface area contributed by atoms with Crippen LogP contribution in [-0.4, -0.2) is 70.5 Å². The van der Waals surface area contributed by atoms with Crippen LogP contribution < -0.4 is 20.7 Å². The molecule has 2 aromatic heterocycles. The highest BCUT2D eigenvalue weighted by atomic mass is 32.1. The summed E-state index contributed by atoms with van der Waals surface area (Å²) in [6.07, 6.45) is 4.84. The number of nitrogens with zero attached hydrogens (tertiary/aromatic N) is 3. The number of amides is 2. The van der Waals surface area contributed by atoms with Crippen molar-refractivity contribution < 1.29 is 18.7 Å². The summed E-state index contributed by atoms with van der Waals surface area (Å²) >= 11 is 1.44. The summed E-state index contributed by atoms with van der Waals surface area (Å²) in [6, 6.07) is 18.2. The molecule has 3 N–H and O–H groups in total. The number of hydrogen-bond donors (Lipinski definition) is 3. The third-order valence-corrected chi connectivity index (χ3v) is 9.77. The number of benzene rings is 2. The molecule has 0 radical (unpaired) electrons. The van der Waals surface area contributed by atoms with Crippen molar-refractivity contribution in [2.24, 2.45) is 0 Å². The van der Waals surface area contributed by atoms with Gasteiger partial charge in [-0.15, -0.1) is 11.3 Å². The quantitative estimate of drug-likeness (QED) is 0.186. The van der Waals surface area contributed by atoms with Gasteiger partial charge in [-0.3, -0.25) is 14.5 Å². The molecule has 11 heteroatoms. The van der Waals surface area contributed by atoms with Crippen molar-refractivity contribution in [2.45, 2.75) is 77.0 Å². The van der Waals surface area contributed by atoms with Gasteiger partial charge < -0.3 is 20.7 Å². The molecule has 0 spiro atoms. The van der Waals surface area contributed by atoms with Crippen LogP contribution in [0.3, 0.4) is 0 Å². The lowest BCUT2D eigenvalue weighted by Crippen LogP contribution is -2.54. The van der Waals surface area contributed by atoms with Gasteiger partial charge in [0.15, 0.2) is 0 Å². The Kier molecular flexibility index (Phi) is 10.8. The average molecular weight is 671 g/mol. The number of pyridine rings is 1. The number of piperazine rings is 1. The van der Waals surface area contributed by atoms with Gasteiger partial charge in [0.2, 0.25) is 5.88 Å². The number of aryl methyl sites for hydroxylation is 1. The second kappa shape index (κ2) is 15.4. The van der Waals surface area contributed by atoms with Crippen molar-refractivity contribution in [1.82, 2.24) is 30.8 Å². The molecule has 2 fully saturated rings. The van der Waals surface area contributed by atoms with Crippen LogP contribution in [0.1, 0.15) is 70.9 Å². The number of aromatic nitrogens is 2. The van der Waals surface area contributed by atoms with Crippen LogP contribution in [0.15, 0.2) is 66.2 Å². The van der Waals surface area contributed by atoms with Gasteiger partial charge in [0, 0.05) is 49.2 Å². The minimum Gasteiger partial charge on any atom is -0.438 e. The Bertz CT molecular complexity index is 1710. The molecule has 252 valence electrons. The van der Waals surface area contributed by atoms with Crippen LogP contribution in [0, 0.1) is 12.7 Å². The van der Waals surface area contributed by atoms with Gasteiger partial charge in [0.1, 0.15) is 22.8 Å². The van der Waals surface area contributed by atoms with Crippen LogP contribution in [0.5, 0.6) is 11.6 Å². The SMILES string of the molecule is Cc1nc(C(=O)N[C@H]2CC[C@@H](NC(=O)c3cc(F)cnc3Oc3cccc(-c4ccc(CCN5C[C@@H](C)N[C@@H](C)C5)cc4)c3)CC2)cs1. The topological polar surface area (TPSA) is 108 Å². The van der Waals surface area contributed by atoms with E-state index in [2.05, 4.69) is 68.9 Å². The predicted octanol–water partition coefficient (Wildman–Crippen LogP) is 6.14. The van der Waals surface area contributed by atoms with Crippen LogP contribution in [0.2, 0.25) is 0 Å². The summed E-state index contributed by atoms with van der Waals surface area (Å²) in [5.41, 5.74) is 3.77. The zero-order valence-corrected chi connectivity index (χ0v) is 28.5. The lowest BCUT2D eigenvalue weighted by molar-refractivity contribution is 0.0888. The first-order valence-corrected chi connectivity index (χ1v) is 17.6. The Morgan fingerprint density at radius 2 is 1.65 bits per heavy atom. The Morgan fingerprint density at radius 1 is 0.958 bits per heavy atom. The maximum Gasteiger partial charge on any atom is 0.270 e. The number of halogens is 1. The molecule has 1 aliphatic heterocycles. The van der Waals surface area contributed by atoms with Crippen LogP contribution in [-0.2, 0) is 6.42 Å². The molecule has 1 saturated heterocycles. The normalized spacial score (nSPS) is 21.4. The molecule has 1 aliphatic carbocycles. The molecule has 3 heterocycles. The zero-order chi connectivity index (χ0) is 33.6. The van der Waals surface area contributed by atoms with Crippen molar-refractivity contribution in [1.29, 1.82) is 0 Å². The van der Waals surface area contributed by atoms with Crippen LogP contribution >= 0.6 is 11.3 Å². The van der Waals surface area contributed by atoms with E-state index in [1.165, 1.54) is 16.9 Å². The van der Waals surface area contributed by atoms with E-state index in [0.29, 0.717) is 49.2 Å². The fourth-order valence-corrected chi connectivity index (χ4v) is 7.26. The first-order valence-electron chi connectivity index (χ1n) is 16.7. The second-order valence-corrected chi connectivity index (χ2v) is 14.1. The highest BCUT2D eigenvalue weighted by Gasteiger charge is 2.26. The van der Waals surface area contributed by atoms with Gasteiger partial charge in [-0.1, -0.05) is 36.4 Å². The molecule has 2 aliphatic rings. The summed E-state index contributed by atoms with van der Waals surface area (Å²) < 4.78 is 20.4. The number of thiazole rings is 1. The lowest BCUT2D eigenvalue weighted by Gasteiger charge is -2.36. The molecule has 9 nitrogen and oxygen atoms in total. The van der Waals surface area contributed by atoms with Crippen LogP contribution in [0.4, 0.5) is 4.39 Å². The van der Waals surface area contributed by atoms with E-state index in [4.69, 9.17) is 4.74 Å². The molecule has 48 heavy (non-hydrogen) atoms. The number of ether oxygens (including phenoxy) is 1. The van der Waals surface area contributed by atoms with Gasteiger partial charge >= 0.3 is 0 Å². The van der Waals surface area contributed by atoms with E-state index in [1.807, 2.05) is 25.1 Å². The Hall–Kier alpha value is -4.19. The third-order valence-electron chi connectivity index (χ3n) is 9.00. The Morgan fingerprint density at radius 3 is 2.31 bits per heavy atom. The molecular weight excluding hydrogens is 628 g/mol. The van der Waals surface area contributed by atoms with Gasteiger partial charge in [-0.05, 0) is 87.8 Å². The first kappa shape index (κ1) is 33.7. The molecular formula is C37H43FN6O3S. The molecule has 4 aromatic rings. The fourth-order valence-electron chi connectivity index (χ4n) is 6.67. The third kappa shape index (κ3) is 8.83. The first-order chi connectivity index (χ1) is 23.2. The monoisotopic (exact) mass is 670 g/mol. The van der Waals surface area contributed by atoms with Gasteiger partial charge in [0.05, 0.1) is 11.2 Å². The smallest absolute Gasteiger partial charge is 0.270 e. The minimum atomic E-state index is -0.619. The highest BCUT2D eigenvalue weighted by molar-refractivity contribution is 7.09. The van der Waals surface area contributed by atoms with Crippen molar-refractivity contribution in [3.05, 3.63) is 93.8 Å². The van der Waals surface area contributed by atoms with Gasteiger partial charge in [0.25, 0.3) is 11.8 Å². The Balaban J connectivity index is 1.04. The summed E-state index contributed by atoms with van der Waals surface area (Å²) in [6.45, 7) is 9.51. The molecule has 6 rings (SSSR count). The molecule has 2 atom stereocenters. The van der Waals surface area contributed by atoms with Gasteiger partial charge in [-0.2, -0.15) is 0 Å². The summed E-state index contributed by atoms with van der Waals surface area (Å²) in [7, 11) is 0. The van der Waals surface area contributed by atoms with Crippen molar-refractivity contribution in [3.8, 4) is 22.8 Å². The number of nitrogens with one attached hydrogen (secondary N) is 3. The maximum absolute atomic E-state index is 14.3. The van der Waals surface area contributed by atoms with Crippen molar-refractivity contribution in [3.63, 3.8) is 0 Å².